The molecule has 0 radical (unpaired) electrons. The number of benzene rings is 1. The molecule has 3 heterocycles. The lowest BCUT2D eigenvalue weighted by Gasteiger charge is -2.07. The smallest absolute Gasteiger partial charge is 0.197 e. The minimum absolute atomic E-state index is 0.234. The number of aromatic nitrogens is 7. The van der Waals surface area contributed by atoms with E-state index < -0.39 is 0 Å². The molecule has 0 saturated carbocycles. The molecule has 3 aromatic heterocycles. The predicted octanol–water partition coefficient (Wildman–Crippen LogP) is 2.63. The summed E-state index contributed by atoms with van der Waals surface area (Å²) in [5.74, 6) is 1.67. The van der Waals surface area contributed by atoms with Gasteiger partial charge in [0.05, 0.1) is 5.69 Å². The van der Waals surface area contributed by atoms with E-state index in [4.69, 9.17) is 4.42 Å². The van der Waals surface area contributed by atoms with Crippen molar-refractivity contribution in [1.82, 2.24) is 34.7 Å². The van der Waals surface area contributed by atoms with Crippen molar-refractivity contribution in [1.29, 1.82) is 0 Å². The molecule has 0 fully saturated rings. The van der Waals surface area contributed by atoms with Crippen LogP contribution in [0.25, 0.3) is 22.9 Å². The number of imidazole rings is 1. The lowest BCUT2D eigenvalue weighted by Crippen LogP contribution is -1.99. The molecule has 0 aliphatic heterocycles. The van der Waals surface area contributed by atoms with Crippen molar-refractivity contribution in [3.63, 3.8) is 0 Å². The van der Waals surface area contributed by atoms with E-state index in [2.05, 4.69) is 25.5 Å². The van der Waals surface area contributed by atoms with Crippen LogP contribution in [0, 0.1) is 0 Å². The minimum Gasteiger partial charge on any atom is -0.448 e. The first-order valence-electron chi connectivity index (χ1n) is 7.55. The van der Waals surface area contributed by atoms with Gasteiger partial charge in [-0.2, -0.15) is 0 Å². The van der Waals surface area contributed by atoms with E-state index in [1.165, 1.54) is 0 Å². The Morgan fingerprint density at radius 2 is 1.88 bits per heavy atom. The largest absolute Gasteiger partial charge is 0.448 e. The maximum atomic E-state index is 5.52. The van der Waals surface area contributed by atoms with Gasteiger partial charge >= 0.3 is 0 Å². The molecule has 0 amide bonds. The zero-order valence-corrected chi connectivity index (χ0v) is 13.2. The molecule has 0 N–H and O–H groups in total. The highest BCUT2D eigenvalue weighted by Crippen LogP contribution is 2.24. The highest BCUT2D eigenvalue weighted by Gasteiger charge is 2.14. The van der Waals surface area contributed by atoms with Gasteiger partial charge in [0.1, 0.15) is 18.3 Å². The highest BCUT2D eigenvalue weighted by molar-refractivity contribution is 5.54. The van der Waals surface area contributed by atoms with Crippen molar-refractivity contribution in [2.75, 3.05) is 0 Å². The number of rotatable bonds is 4. The molecule has 24 heavy (non-hydrogen) atoms. The van der Waals surface area contributed by atoms with E-state index in [1.54, 1.807) is 23.5 Å². The van der Waals surface area contributed by atoms with Gasteiger partial charge in [-0.1, -0.05) is 13.8 Å². The molecule has 1 aromatic carbocycles. The van der Waals surface area contributed by atoms with Crippen molar-refractivity contribution in [3.8, 4) is 22.9 Å². The standard InChI is InChI=1S/C16H15N7O/c1-11(2)16-19-14(9-24-16)15-17-7-8-22(15)12-3-5-13(6-4-12)23-10-18-20-21-23/h3-11H,1-2H3. The molecule has 8 heteroatoms. The first-order valence-corrected chi connectivity index (χ1v) is 7.55. The Bertz CT molecular complexity index is 935. The second-order valence-corrected chi connectivity index (χ2v) is 5.62. The normalized spacial score (nSPS) is 11.3. The summed E-state index contributed by atoms with van der Waals surface area (Å²) in [5.41, 5.74) is 2.57. The third-order valence-electron chi connectivity index (χ3n) is 3.63. The maximum Gasteiger partial charge on any atom is 0.197 e. The SMILES string of the molecule is CC(C)c1nc(-c2nccn2-c2ccc(-n3cnnn3)cc2)co1. The Balaban J connectivity index is 1.69. The van der Waals surface area contributed by atoms with Gasteiger partial charge in [0.15, 0.2) is 11.7 Å². The summed E-state index contributed by atoms with van der Waals surface area (Å²) in [6.45, 7) is 4.08. The van der Waals surface area contributed by atoms with Gasteiger partial charge in [-0.05, 0) is 34.7 Å². The molecule has 120 valence electrons. The Morgan fingerprint density at radius 1 is 1.08 bits per heavy atom. The first-order chi connectivity index (χ1) is 11.7. The van der Waals surface area contributed by atoms with E-state index in [-0.39, 0.29) is 5.92 Å². The molecule has 8 nitrogen and oxygen atoms in total. The van der Waals surface area contributed by atoms with Crippen molar-refractivity contribution in [2.45, 2.75) is 19.8 Å². The van der Waals surface area contributed by atoms with Crippen LogP contribution < -0.4 is 0 Å². The van der Waals surface area contributed by atoms with Gasteiger partial charge in [-0.3, -0.25) is 4.57 Å². The van der Waals surface area contributed by atoms with E-state index in [9.17, 15) is 0 Å². The van der Waals surface area contributed by atoms with Gasteiger partial charge in [0, 0.05) is 24.0 Å². The highest BCUT2D eigenvalue weighted by atomic mass is 16.3. The molecule has 4 rings (SSSR count). The van der Waals surface area contributed by atoms with Crippen LogP contribution in [-0.2, 0) is 0 Å². The number of hydrogen-bond acceptors (Lipinski definition) is 6. The van der Waals surface area contributed by atoms with Gasteiger partial charge in [-0.25, -0.2) is 14.6 Å². The average Bonchev–Trinajstić information content (AvgIpc) is 3.33. The van der Waals surface area contributed by atoms with Crippen molar-refractivity contribution >= 4 is 0 Å². The number of tetrazole rings is 1. The van der Waals surface area contributed by atoms with Crippen molar-refractivity contribution in [2.24, 2.45) is 0 Å². The Labute approximate surface area is 137 Å². The van der Waals surface area contributed by atoms with E-state index in [1.807, 2.05) is 48.9 Å². The minimum atomic E-state index is 0.234. The third kappa shape index (κ3) is 2.47. The number of oxazole rings is 1. The van der Waals surface area contributed by atoms with Crippen molar-refractivity contribution in [3.05, 3.63) is 55.1 Å². The van der Waals surface area contributed by atoms with Crippen LogP contribution in [0.1, 0.15) is 25.7 Å². The molecule has 0 aliphatic rings. The Morgan fingerprint density at radius 3 is 2.54 bits per heavy atom. The quantitative estimate of drug-likeness (QED) is 0.574. The maximum absolute atomic E-state index is 5.52. The summed E-state index contributed by atoms with van der Waals surface area (Å²) in [5, 5.41) is 11.2. The van der Waals surface area contributed by atoms with E-state index >= 15 is 0 Å². The summed E-state index contributed by atoms with van der Waals surface area (Å²) in [6, 6.07) is 7.84. The molecular formula is C16H15N7O. The summed E-state index contributed by atoms with van der Waals surface area (Å²) in [7, 11) is 0. The molecule has 0 aliphatic carbocycles. The molecule has 4 aromatic rings. The summed E-state index contributed by atoms with van der Waals surface area (Å²) >= 11 is 0. The number of nitrogens with zero attached hydrogens (tertiary/aromatic N) is 7. The fourth-order valence-electron chi connectivity index (χ4n) is 2.40. The number of hydrogen-bond donors (Lipinski definition) is 0. The molecule has 0 saturated heterocycles. The molecule has 0 atom stereocenters. The van der Waals surface area contributed by atoms with E-state index in [0.29, 0.717) is 11.6 Å². The lowest BCUT2D eigenvalue weighted by atomic mass is 10.2. The van der Waals surface area contributed by atoms with Crippen molar-refractivity contribution < 1.29 is 4.42 Å². The summed E-state index contributed by atoms with van der Waals surface area (Å²) in [4.78, 5) is 8.93. The van der Waals surface area contributed by atoms with Gasteiger partial charge < -0.3 is 4.42 Å². The topological polar surface area (TPSA) is 87.5 Å². The average molecular weight is 321 g/mol. The first kappa shape index (κ1) is 14.3. The molecule has 0 spiro atoms. The van der Waals surface area contributed by atoms with Crippen LogP contribution >= 0.6 is 0 Å². The summed E-state index contributed by atoms with van der Waals surface area (Å²) in [6.07, 6.45) is 6.84. The second kappa shape index (κ2) is 5.73. The molecule has 0 unspecified atom stereocenters. The van der Waals surface area contributed by atoms with Crippen LogP contribution in [-0.4, -0.2) is 34.7 Å². The van der Waals surface area contributed by atoms with Gasteiger partial charge in [0.25, 0.3) is 0 Å². The fourth-order valence-corrected chi connectivity index (χ4v) is 2.40. The predicted molar refractivity (Wildman–Crippen MR) is 85.9 cm³/mol. The fraction of sp³-hybridized carbons (Fsp3) is 0.188. The third-order valence-corrected chi connectivity index (χ3v) is 3.63. The summed E-state index contributed by atoms with van der Waals surface area (Å²) < 4.78 is 9.08. The van der Waals surface area contributed by atoms with Gasteiger partial charge in [0.2, 0.25) is 0 Å². The van der Waals surface area contributed by atoms with Crippen LogP contribution in [0.2, 0.25) is 0 Å². The van der Waals surface area contributed by atoms with Crippen LogP contribution in [0.4, 0.5) is 0 Å². The van der Waals surface area contributed by atoms with Crippen LogP contribution in [0.5, 0.6) is 0 Å². The van der Waals surface area contributed by atoms with Crippen LogP contribution in [0.15, 0.2) is 53.7 Å². The zero-order valence-electron chi connectivity index (χ0n) is 13.2. The molecular weight excluding hydrogens is 306 g/mol. The van der Waals surface area contributed by atoms with Crippen LogP contribution in [0.3, 0.4) is 0 Å². The zero-order chi connectivity index (χ0) is 16.5. The van der Waals surface area contributed by atoms with E-state index in [0.717, 1.165) is 17.2 Å². The Kier molecular flexibility index (Phi) is 3.42. The second-order valence-electron chi connectivity index (χ2n) is 5.62. The monoisotopic (exact) mass is 321 g/mol. The molecule has 0 bridgehead atoms. The Hall–Kier alpha value is -3.29. The van der Waals surface area contributed by atoms with Gasteiger partial charge in [-0.15, -0.1) is 5.10 Å². The lowest BCUT2D eigenvalue weighted by molar-refractivity contribution is 0.471.